The van der Waals surface area contributed by atoms with Crippen LogP contribution >= 0.6 is 11.6 Å². The lowest BCUT2D eigenvalue weighted by molar-refractivity contribution is -0.0839. The van der Waals surface area contributed by atoms with Gasteiger partial charge in [-0.3, -0.25) is 29.3 Å². The van der Waals surface area contributed by atoms with E-state index in [4.69, 9.17) is 16.3 Å². The van der Waals surface area contributed by atoms with Crippen LogP contribution in [0, 0.1) is 12.3 Å². The average Bonchev–Trinajstić information content (AvgIpc) is 3.03. The molecule has 224 valence electrons. The third kappa shape index (κ3) is 6.26. The lowest BCUT2D eigenvalue weighted by Crippen LogP contribution is -2.57. The maximum absolute atomic E-state index is 13.1. The molecule has 2 aromatic heterocycles. The Balaban J connectivity index is 1.12. The third-order valence-corrected chi connectivity index (χ3v) is 8.82. The predicted molar refractivity (Wildman–Crippen MR) is 169 cm³/mol. The van der Waals surface area contributed by atoms with E-state index in [9.17, 15) is 14.4 Å². The number of anilines is 2. The van der Waals surface area contributed by atoms with Gasteiger partial charge >= 0.3 is 0 Å². The SMILES string of the molecule is Cc1c(NC(=O)c2ccc(C=O)cn2)cccc1-c1cccc(NC(=O)c2ccc(CN3CC4(CCOCC4)C3)cn2)c1Cl. The summed E-state index contributed by atoms with van der Waals surface area (Å²) in [5, 5.41) is 6.15. The first kappa shape index (κ1) is 29.6. The molecule has 1 spiro atoms. The Morgan fingerprint density at radius 3 is 2.16 bits per heavy atom. The van der Waals surface area contributed by atoms with Crippen molar-refractivity contribution in [3.05, 3.63) is 106 Å². The second-order valence-corrected chi connectivity index (χ2v) is 11.8. The number of carbonyl (C=O) groups excluding carboxylic acids is 3. The summed E-state index contributed by atoms with van der Waals surface area (Å²) in [7, 11) is 0. The molecule has 2 N–H and O–H groups in total. The van der Waals surface area contributed by atoms with Gasteiger partial charge in [-0.15, -0.1) is 0 Å². The van der Waals surface area contributed by atoms with E-state index in [2.05, 4.69) is 25.5 Å². The van der Waals surface area contributed by atoms with Gasteiger partial charge < -0.3 is 15.4 Å². The molecular weight excluding hydrogens is 578 g/mol. The van der Waals surface area contributed by atoms with Gasteiger partial charge in [0.1, 0.15) is 11.4 Å². The Hall–Kier alpha value is -4.44. The summed E-state index contributed by atoms with van der Waals surface area (Å²) in [6, 6.07) is 17.6. The van der Waals surface area contributed by atoms with Crippen LogP contribution in [-0.4, -0.2) is 59.3 Å². The Morgan fingerprint density at radius 2 is 1.52 bits per heavy atom. The molecule has 0 radical (unpaired) electrons. The van der Waals surface area contributed by atoms with Gasteiger partial charge in [0, 0.05) is 67.5 Å². The van der Waals surface area contributed by atoms with Crippen molar-refractivity contribution in [1.29, 1.82) is 0 Å². The highest BCUT2D eigenvalue weighted by Crippen LogP contribution is 2.40. The lowest BCUT2D eigenvalue weighted by atomic mass is 9.73. The minimum Gasteiger partial charge on any atom is -0.381 e. The van der Waals surface area contributed by atoms with Crippen molar-refractivity contribution in [2.75, 3.05) is 36.9 Å². The summed E-state index contributed by atoms with van der Waals surface area (Å²) >= 11 is 6.82. The first-order valence-corrected chi connectivity index (χ1v) is 14.9. The van der Waals surface area contributed by atoms with E-state index in [1.54, 1.807) is 24.4 Å². The monoisotopic (exact) mass is 609 g/mol. The first-order valence-electron chi connectivity index (χ1n) is 14.5. The fraction of sp³-hybridized carbons (Fsp3) is 0.265. The van der Waals surface area contributed by atoms with Crippen molar-refractivity contribution in [2.45, 2.75) is 26.3 Å². The second-order valence-electron chi connectivity index (χ2n) is 11.5. The summed E-state index contributed by atoms with van der Waals surface area (Å²) in [4.78, 5) is 47.7. The Labute approximate surface area is 260 Å². The Kier molecular flexibility index (Phi) is 8.52. The van der Waals surface area contributed by atoms with Gasteiger partial charge in [0.25, 0.3) is 11.8 Å². The summed E-state index contributed by atoms with van der Waals surface area (Å²) in [5.74, 6) is -0.756. The van der Waals surface area contributed by atoms with Crippen molar-refractivity contribution < 1.29 is 19.1 Å². The van der Waals surface area contributed by atoms with Crippen LogP contribution in [0.3, 0.4) is 0 Å². The summed E-state index contributed by atoms with van der Waals surface area (Å²) in [5.41, 5.74) is 5.69. The van der Waals surface area contributed by atoms with E-state index in [0.29, 0.717) is 44.9 Å². The van der Waals surface area contributed by atoms with Gasteiger partial charge in [0.2, 0.25) is 0 Å². The van der Waals surface area contributed by atoms with Crippen molar-refractivity contribution in [2.24, 2.45) is 5.41 Å². The standard InChI is InChI=1S/C34H32ClN5O4/c1-22-25(4-2-6-27(22)38-32(42)30-11-9-24(19-41)17-37-30)26-5-3-7-28(31(26)35)39-33(43)29-10-8-23(16-36-29)18-40-20-34(21-40)12-14-44-15-13-34/h2-11,16-17,19H,12-15,18,20-21H2,1H3,(H,38,42)(H,39,43). The molecule has 10 heteroatoms. The molecule has 0 bridgehead atoms. The van der Waals surface area contributed by atoms with Crippen LogP contribution in [0.15, 0.2) is 73.1 Å². The largest absolute Gasteiger partial charge is 0.381 e. The van der Waals surface area contributed by atoms with Gasteiger partial charge in [-0.25, -0.2) is 0 Å². The highest BCUT2D eigenvalue weighted by Gasteiger charge is 2.43. The van der Waals surface area contributed by atoms with E-state index in [1.165, 1.54) is 18.3 Å². The predicted octanol–water partition coefficient (Wildman–Crippen LogP) is 6.03. The highest BCUT2D eigenvalue weighted by atomic mass is 35.5. The molecule has 6 rings (SSSR count). The number of hydrogen-bond acceptors (Lipinski definition) is 7. The van der Waals surface area contributed by atoms with Crippen LogP contribution in [0.1, 0.15) is 55.3 Å². The zero-order chi connectivity index (χ0) is 30.7. The van der Waals surface area contributed by atoms with E-state index >= 15 is 0 Å². The fourth-order valence-electron chi connectivity index (χ4n) is 5.93. The molecule has 0 aliphatic carbocycles. The molecule has 44 heavy (non-hydrogen) atoms. The molecule has 2 amide bonds. The summed E-state index contributed by atoms with van der Waals surface area (Å²) < 4.78 is 5.51. The molecule has 2 saturated heterocycles. The van der Waals surface area contributed by atoms with Crippen LogP contribution in [0.2, 0.25) is 5.02 Å². The molecule has 9 nitrogen and oxygen atoms in total. The maximum Gasteiger partial charge on any atom is 0.274 e. The van der Waals surface area contributed by atoms with E-state index in [-0.39, 0.29) is 11.6 Å². The Morgan fingerprint density at radius 1 is 0.886 bits per heavy atom. The summed E-state index contributed by atoms with van der Waals surface area (Å²) in [6.07, 6.45) is 6.04. The van der Waals surface area contributed by atoms with E-state index in [0.717, 1.165) is 62.4 Å². The number of amides is 2. The highest BCUT2D eigenvalue weighted by molar-refractivity contribution is 6.36. The topological polar surface area (TPSA) is 114 Å². The molecular formula is C34H32ClN5O4. The quantitative estimate of drug-likeness (QED) is 0.234. The molecule has 2 aliphatic rings. The molecule has 0 saturated carbocycles. The van der Waals surface area contributed by atoms with Gasteiger partial charge in [0.15, 0.2) is 6.29 Å². The van der Waals surface area contributed by atoms with Crippen LogP contribution in [0.5, 0.6) is 0 Å². The zero-order valence-electron chi connectivity index (χ0n) is 24.3. The summed E-state index contributed by atoms with van der Waals surface area (Å²) in [6.45, 7) is 6.56. The number of carbonyl (C=O) groups is 3. The first-order chi connectivity index (χ1) is 21.3. The number of aldehydes is 1. The number of benzene rings is 2. The molecule has 4 heterocycles. The van der Waals surface area contributed by atoms with Gasteiger partial charge in [-0.2, -0.15) is 0 Å². The number of aromatic nitrogens is 2. The lowest BCUT2D eigenvalue weighted by Gasteiger charge is -2.52. The Bertz CT molecular complexity index is 1690. The number of nitrogens with one attached hydrogen (secondary N) is 2. The second kappa shape index (κ2) is 12.7. The van der Waals surface area contributed by atoms with Crippen LogP contribution in [0.25, 0.3) is 11.1 Å². The number of hydrogen-bond donors (Lipinski definition) is 2. The third-order valence-electron chi connectivity index (χ3n) is 8.41. The number of likely N-dealkylation sites (tertiary alicyclic amines) is 1. The minimum atomic E-state index is -0.401. The van der Waals surface area contributed by atoms with Crippen molar-refractivity contribution >= 4 is 41.1 Å². The molecule has 2 aromatic carbocycles. The number of rotatable bonds is 8. The minimum absolute atomic E-state index is 0.189. The smallest absolute Gasteiger partial charge is 0.274 e. The van der Waals surface area contributed by atoms with Crippen LogP contribution in [-0.2, 0) is 11.3 Å². The number of ether oxygens (including phenoxy) is 1. The van der Waals surface area contributed by atoms with Crippen LogP contribution in [0.4, 0.5) is 11.4 Å². The van der Waals surface area contributed by atoms with Crippen molar-refractivity contribution in [3.8, 4) is 11.1 Å². The van der Waals surface area contributed by atoms with Crippen molar-refractivity contribution in [1.82, 2.24) is 14.9 Å². The zero-order valence-corrected chi connectivity index (χ0v) is 25.1. The molecule has 0 unspecified atom stereocenters. The van der Waals surface area contributed by atoms with E-state index in [1.807, 2.05) is 37.3 Å². The van der Waals surface area contributed by atoms with Gasteiger partial charge in [0.05, 0.1) is 10.7 Å². The molecule has 0 atom stereocenters. The maximum atomic E-state index is 13.1. The molecule has 4 aromatic rings. The fourth-order valence-corrected chi connectivity index (χ4v) is 6.20. The van der Waals surface area contributed by atoms with Crippen LogP contribution < -0.4 is 10.6 Å². The normalized spacial score (nSPS) is 15.8. The van der Waals surface area contributed by atoms with Gasteiger partial charge in [-0.1, -0.05) is 41.9 Å². The van der Waals surface area contributed by atoms with Crippen molar-refractivity contribution in [3.63, 3.8) is 0 Å². The molecule has 2 aliphatic heterocycles. The number of nitrogens with zero attached hydrogens (tertiary/aromatic N) is 3. The number of pyridine rings is 2. The average molecular weight is 610 g/mol. The number of halogens is 1. The van der Waals surface area contributed by atoms with E-state index < -0.39 is 5.91 Å². The molecule has 2 fully saturated rings. The van der Waals surface area contributed by atoms with Gasteiger partial charge in [-0.05, 0) is 66.8 Å².